The third-order valence-electron chi connectivity index (χ3n) is 1.71. The molecule has 0 aromatic carbocycles. The monoisotopic (exact) mass is 184 g/mol. The molecule has 0 aliphatic heterocycles. The van der Waals surface area contributed by atoms with Crippen molar-refractivity contribution in [3.05, 3.63) is 11.4 Å². The highest BCUT2D eigenvalue weighted by molar-refractivity contribution is 5.72. The van der Waals surface area contributed by atoms with Gasteiger partial charge in [-0.1, -0.05) is 5.16 Å². The molecule has 5 nitrogen and oxygen atoms in total. The zero-order valence-electron chi connectivity index (χ0n) is 7.52. The fourth-order valence-electron chi connectivity index (χ4n) is 1.02. The first kappa shape index (κ1) is 9.85. The van der Waals surface area contributed by atoms with E-state index >= 15 is 0 Å². The van der Waals surface area contributed by atoms with E-state index in [0.29, 0.717) is 24.1 Å². The molecule has 0 aliphatic rings. The molecule has 0 amide bonds. The Hall–Kier alpha value is -1.23. The largest absolute Gasteiger partial charge is 0.385 e. The number of methoxy groups -OCH3 is 1. The molecule has 0 radical (unpaired) electrons. The van der Waals surface area contributed by atoms with Gasteiger partial charge < -0.3 is 4.74 Å². The van der Waals surface area contributed by atoms with Gasteiger partial charge in [0.1, 0.15) is 5.69 Å². The van der Waals surface area contributed by atoms with Gasteiger partial charge in [-0.05, 0) is 24.4 Å². The quantitative estimate of drug-likeness (QED) is 0.484. The minimum absolute atomic E-state index is 0.303. The highest BCUT2D eigenvalue weighted by atomic mass is 16.6. The molecule has 0 atom stereocenters. The second kappa shape index (κ2) is 5.42. The number of carbonyl (C=O) groups is 1. The lowest BCUT2D eigenvalue weighted by molar-refractivity contribution is 0.111. The number of rotatable bonds is 6. The molecule has 1 aromatic rings. The van der Waals surface area contributed by atoms with Gasteiger partial charge >= 0.3 is 0 Å². The van der Waals surface area contributed by atoms with Crippen molar-refractivity contribution in [2.45, 2.75) is 19.3 Å². The molecule has 0 saturated heterocycles. The van der Waals surface area contributed by atoms with Crippen molar-refractivity contribution in [3.63, 3.8) is 0 Å². The molecule has 13 heavy (non-hydrogen) atoms. The lowest BCUT2D eigenvalue weighted by atomic mass is 10.2. The van der Waals surface area contributed by atoms with Crippen LogP contribution in [0.15, 0.2) is 4.63 Å². The summed E-state index contributed by atoms with van der Waals surface area (Å²) in [6.07, 6.45) is 3.23. The summed E-state index contributed by atoms with van der Waals surface area (Å²) in [7, 11) is 1.66. The molecule has 0 spiro atoms. The van der Waals surface area contributed by atoms with Crippen molar-refractivity contribution < 1.29 is 14.2 Å². The summed E-state index contributed by atoms with van der Waals surface area (Å²) in [5.41, 5.74) is 0.934. The fraction of sp³-hybridized carbons (Fsp3) is 0.625. The Morgan fingerprint density at radius 1 is 1.46 bits per heavy atom. The number of hydrogen-bond donors (Lipinski definition) is 0. The van der Waals surface area contributed by atoms with E-state index in [2.05, 4.69) is 14.9 Å². The summed E-state index contributed by atoms with van der Waals surface area (Å²) in [5.74, 6) is 0. The maximum absolute atomic E-state index is 10.4. The summed E-state index contributed by atoms with van der Waals surface area (Å²) in [5, 5.41) is 7.07. The molecule has 0 unspecified atom stereocenters. The van der Waals surface area contributed by atoms with Crippen molar-refractivity contribution in [1.29, 1.82) is 0 Å². The molecule has 0 bridgehead atoms. The molecule has 72 valence electrons. The molecule has 0 aliphatic carbocycles. The molecule has 0 saturated carbocycles. The highest BCUT2D eigenvalue weighted by Gasteiger charge is 2.07. The van der Waals surface area contributed by atoms with E-state index < -0.39 is 0 Å². The third-order valence-corrected chi connectivity index (χ3v) is 1.71. The average molecular weight is 184 g/mol. The Morgan fingerprint density at radius 3 is 3.00 bits per heavy atom. The first-order valence-electron chi connectivity index (χ1n) is 4.14. The Balaban J connectivity index is 2.31. The third kappa shape index (κ3) is 2.95. The molecule has 1 heterocycles. The Labute approximate surface area is 76.0 Å². The average Bonchev–Trinajstić information content (AvgIpc) is 2.60. The zero-order chi connectivity index (χ0) is 9.52. The van der Waals surface area contributed by atoms with E-state index in [0.717, 1.165) is 19.4 Å². The summed E-state index contributed by atoms with van der Waals surface area (Å²) in [6, 6.07) is 0. The Kier molecular flexibility index (Phi) is 4.11. The van der Waals surface area contributed by atoms with Crippen LogP contribution in [0.1, 0.15) is 29.0 Å². The van der Waals surface area contributed by atoms with Gasteiger partial charge in [-0.3, -0.25) is 4.79 Å². The summed E-state index contributed by atoms with van der Waals surface area (Å²) in [4.78, 5) is 10.4. The molecule has 0 N–H and O–H groups in total. The summed E-state index contributed by atoms with van der Waals surface area (Å²) in [6.45, 7) is 0.724. The van der Waals surface area contributed by atoms with Crippen LogP contribution in [0.2, 0.25) is 0 Å². The van der Waals surface area contributed by atoms with E-state index in [-0.39, 0.29) is 0 Å². The first-order chi connectivity index (χ1) is 6.38. The van der Waals surface area contributed by atoms with Gasteiger partial charge in [-0.2, -0.15) is 0 Å². The van der Waals surface area contributed by atoms with E-state index in [1.165, 1.54) is 0 Å². The SMILES string of the molecule is COCCCCc1nonc1C=O. The van der Waals surface area contributed by atoms with E-state index in [1.54, 1.807) is 7.11 Å². The van der Waals surface area contributed by atoms with E-state index in [1.807, 2.05) is 0 Å². The van der Waals surface area contributed by atoms with Gasteiger partial charge in [0.05, 0.1) is 0 Å². The van der Waals surface area contributed by atoms with Crippen LogP contribution in [-0.4, -0.2) is 30.3 Å². The van der Waals surface area contributed by atoms with Gasteiger partial charge in [0.2, 0.25) is 0 Å². The molecule has 5 heteroatoms. The molecular weight excluding hydrogens is 172 g/mol. The van der Waals surface area contributed by atoms with Crippen LogP contribution in [0.4, 0.5) is 0 Å². The van der Waals surface area contributed by atoms with Crippen LogP contribution < -0.4 is 0 Å². The predicted octanol–water partition coefficient (Wildman–Crippen LogP) is 0.851. The minimum Gasteiger partial charge on any atom is -0.385 e. The number of hydrogen-bond acceptors (Lipinski definition) is 5. The number of aldehydes is 1. The van der Waals surface area contributed by atoms with Crippen molar-refractivity contribution in [3.8, 4) is 0 Å². The maximum atomic E-state index is 10.4. The number of ether oxygens (including phenoxy) is 1. The van der Waals surface area contributed by atoms with Crippen molar-refractivity contribution in [1.82, 2.24) is 10.3 Å². The number of aryl methyl sites for hydroxylation is 1. The predicted molar refractivity (Wildman–Crippen MR) is 44.5 cm³/mol. The smallest absolute Gasteiger partial charge is 0.173 e. The van der Waals surface area contributed by atoms with Gasteiger partial charge in [-0.25, -0.2) is 4.63 Å². The minimum atomic E-state index is 0.303. The topological polar surface area (TPSA) is 65.2 Å². The van der Waals surface area contributed by atoms with Gasteiger partial charge in [0, 0.05) is 13.7 Å². The number of aromatic nitrogens is 2. The van der Waals surface area contributed by atoms with E-state index in [9.17, 15) is 4.79 Å². The Bertz CT molecular complexity index is 260. The number of carbonyl (C=O) groups excluding carboxylic acids is 1. The molecule has 1 rings (SSSR count). The maximum Gasteiger partial charge on any atom is 0.173 e. The van der Waals surface area contributed by atoms with Crippen LogP contribution in [0, 0.1) is 0 Å². The summed E-state index contributed by atoms with van der Waals surface area (Å²) < 4.78 is 9.32. The number of unbranched alkanes of at least 4 members (excludes halogenated alkanes) is 1. The lowest BCUT2D eigenvalue weighted by Crippen LogP contribution is -1.94. The van der Waals surface area contributed by atoms with Gasteiger partial charge in [-0.15, -0.1) is 0 Å². The van der Waals surface area contributed by atoms with Crippen LogP contribution >= 0.6 is 0 Å². The molecule has 1 aromatic heterocycles. The zero-order valence-corrected chi connectivity index (χ0v) is 7.52. The van der Waals surface area contributed by atoms with Crippen molar-refractivity contribution in [2.24, 2.45) is 0 Å². The first-order valence-corrected chi connectivity index (χ1v) is 4.14. The fourth-order valence-corrected chi connectivity index (χ4v) is 1.02. The summed E-state index contributed by atoms with van der Waals surface area (Å²) >= 11 is 0. The van der Waals surface area contributed by atoms with Crippen LogP contribution in [-0.2, 0) is 11.2 Å². The van der Waals surface area contributed by atoms with Crippen LogP contribution in [0.25, 0.3) is 0 Å². The van der Waals surface area contributed by atoms with Crippen LogP contribution in [0.5, 0.6) is 0 Å². The normalized spacial score (nSPS) is 10.2. The lowest BCUT2D eigenvalue weighted by Gasteiger charge is -1.96. The second-order valence-electron chi connectivity index (χ2n) is 2.66. The van der Waals surface area contributed by atoms with Crippen molar-refractivity contribution >= 4 is 6.29 Å². The van der Waals surface area contributed by atoms with Crippen LogP contribution in [0.3, 0.4) is 0 Å². The van der Waals surface area contributed by atoms with E-state index in [4.69, 9.17) is 4.74 Å². The highest BCUT2D eigenvalue weighted by Crippen LogP contribution is 2.04. The van der Waals surface area contributed by atoms with Crippen molar-refractivity contribution in [2.75, 3.05) is 13.7 Å². The van der Waals surface area contributed by atoms with Gasteiger partial charge in [0.25, 0.3) is 0 Å². The second-order valence-corrected chi connectivity index (χ2v) is 2.66. The Morgan fingerprint density at radius 2 is 2.31 bits per heavy atom. The standard InChI is InChI=1S/C8H12N2O3/c1-12-5-3-2-4-7-8(6-11)10-13-9-7/h6H,2-5H2,1H3. The molecule has 0 fully saturated rings. The van der Waals surface area contributed by atoms with Gasteiger partial charge in [0.15, 0.2) is 12.0 Å². The number of nitrogens with zero attached hydrogens (tertiary/aromatic N) is 2. The molecular formula is C8H12N2O3.